The lowest BCUT2D eigenvalue weighted by Gasteiger charge is -2.38. The van der Waals surface area contributed by atoms with Crippen molar-refractivity contribution >= 4 is 11.8 Å². The average Bonchev–Trinajstić information content (AvgIpc) is 2.87. The Morgan fingerprint density at radius 2 is 1.57 bits per heavy atom. The predicted octanol–water partition coefficient (Wildman–Crippen LogP) is 1.23. The monoisotopic (exact) mass is 389 g/mol. The number of nitrogens with zero attached hydrogens (tertiary/aromatic N) is 5. The van der Waals surface area contributed by atoms with Crippen molar-refractivity contribution in [3.63, 3.8) is 0 Å². The van der Waals surface area contributed by atoms with Gasteiger partial charge in [-0.25, -0.2) is 0 Å². The number of rotatable bonds is 4. The molecule has 2 aliphatic heterocycles. The fourth-order valence-corrected chi connectivity index (χ4v) is 4.65. The molecule has 0 aliphatic carbocycles. The molecule has 1 aromatic rings. The van der Waals surface area contributed by atoms with Gasteiger partial charge in [-0.1, -0.05) is 13.8 Å². The predicted molar refractivity (Wildman–Crippen MR) is 109 cm³/mol. The molecule has 0 radical (unpaired) electrons. The number of hydrogen-bond acceptors (Lipinski definition) is 4. The van der Waals surface area contributed by atoms with Gasteiger partial charge in [-0.05, 0) is 32.1 Å². The molecule has 0 bridgehead atoms. The van der Waals surface area contributed by atoms with Gasteiger partial charge in [0.2, 0.25) is 11.8 Å². The van der Waals surface area contributed by atoms with Crippen molar-refractivity contribution in [3.05, 3.63) is 17.0 Å². The molecule has 0 spiro atoms. The van der Waals surface area contributed by atoms with Crippen molar-refractivity contribution in [1.29, 1.82) is 0 Å². The summed E-state index contributed by atoms with van der Waals surface area (Å²) in [5.74, 6) is 1.56. The zero-order chi connectivity index (χ0) is 20.4. The standard InChI is InChI=1S/C21H35N5O2/c1-15-10-16(2)13-26(12-15)21(28)14-24-6-8-25(9-7-24)20(27)11-19-17(3)22-23(5)18(19)4/h15-16H,6-14H2,1-5H3. The first kappa shape index (κ1) is 20.8. The first-order valence-corrected chi connectivity index (χ1v) is 10.5. The summed E-state index contributed by atoms with van der Waals surface area (Å²) in [6.45, 7) is 13.6. The molecule has 0 saturated carbocycles. The van der Waals surface area contributed by atoms with Gasteiger partial charge in [0, 0.05) is 57.6 Å². The van der Waals surface area contributed by atoms with Crippen molar-refractivity contribution in [2.45, 2.75) is 40.5 Å². The van der Waals surface area contributed by atoms with Crippen molar-refractivity contribution < 1.29 is 9.59 Å². The van der Waals surface area contributed by atoms with E-state index in [0.29, 0.717) is 37.9 Å². The van der Waals surface area contributed by atoms with E-state index in [4.69, 9.17) is 0 Å². The van der Waals surface area contributed by atoms with Crippen molar-refractivity contribution in [2.75, 3.05) is 45.8 Å². The molecule has 7 nitrogen and oxygen atoms in total. The van der Waals surface area contributed by atoms with E-state index in [1.165, 1.54) is 6.42 Å². The number of likely N-dealkylation sites (tertiary alicyclic amines) is 1. The van der Waals surface area contributed by atoms with Crippen LogP contribution in [-0.2, 0) is 23.1 Å². The molecular formula is C21H35N5O2. The number of aryl methyl sites for hydroxylation is 2. The molecule has 156 valence electrons. The van der Waals surface area contributed by atoms with Crippen molar-refractivity contribution in [2.24, 2.45) is 18.9 Å². The van der Waals surface area contributed by atoms with E-state index < -0.39 is 0 Å². The summed E-state index contributed by atoms with van der Waals surface area (Å²) < 4.78 is 1.84. The van der Waals surface area contributed by atoms with E-state index in [-0.39, 0.29) is 11.8 Å². The molecule has 0 aromatic carbocycles. The van der Waals surface area contributed by atoms with Gasteiger partial charge in [0.05, 0.1) is 18.7 Å². The summed E-state index contributed by atoms with van der Waals surface area (Å²) in [7, 11) is 1.91. The molecular weight excluding hydrogens is 354 g/mol. The minimum absolute atomic E-state index is 0.156. The maximum absolute atomic E-state index is 12.7. The Labute approximate surface area is 168 Å². The van der Waals surface area contributed by atoms with Crippen molar-refractivity contribution in [1.82, 2.24) is 24.5 Å². The maximum atomic E-state index is 12.7. The Kier molecular flexibility index (Phi) is 6.43. The number of piperazine rings is 1. The highest BCUT2D eigenvalue weighted by Crippen LogP contribution is 2.21. The van der Waals surface area contributed by atoms with E-state index in [1.807, 2.05) is 35.4 Å². The lowest BCUT2D eigenvalue weighted by molar-refractivity contribution is -0.136. The Morgan fingerprint density at radius 1 is 0.964 bits per heavy atom. The lowest BCUT2D eigenvalue weighted by atomic mass is 9.92. The number of carbonyl (C=O) groups excluding carboxylic acids is 2. The first-order chi connectivity index (χ1) is 13.2. The fourth-order valence-electron chi connectivity index (χ4n) is 4.65. The van der Waals surface area contributed by atoms with Gasteiger partial charge in [0.15, 0.2) is 0 Å². The van der Waals surface area contributed by atoms with Gasteiger partial charge in [0.1, 0.15) is 0 Å². The number of piperidine rings is 1. The number of amides is 2. The lowest BCUT2D eigenvalue weighted by Crippen LogP contribution is -2.53. The third kappa shape index (κ3) is 4.74. The summed E-state index contributed by atoms with van der Waals surface area (Å²) in [5.41, 5.74) is 3.03. The average molecular weight is 390 g/mol. The largest absolute Gasteiger partial charge is 0.341 e. The second kappa shape index (κ2) is 8.64. The molecule has 2 aliphatic rings. The van der Waals surface area contributed by atoms with Crippen LogP contribution in [0.1, 0.15) is 37.2 Å². The molecule has 3 rings (SSSR count). The molecule has 2 atom stereocenters. The van der Waals surface area contributed by atoms with E-state index in [1.54, 1.807) is 0 Å². The highest BCUT2D eigenvalue weighted by atomic mass is 16.2. The molecule has 28 heavy (non-hydrogen) atoms. The Morgan fingerprint density at radius 3 is 2.11 bits per heavy atom. The minimum atomic E-state index is 0.156. The van der Waals surface area contributed by atoms with Crippen LogP contribution in [0.5, 0.6) is 0 Å². The van der Waals surface area contributed by atoms with E-state index >= 15 is 0 Å². The van der Waals surface area contributed by atoms with Gasteiger partial charge in [0.25, 0.3) is 0 Å². The Bertz CT molecular complexity index is 711. The number of carbonyl (C=O) groups is 2. The molecule has 3 heterocycles. The third-order valence-electron chi connectivity index (χ3n) is 6.29. The van der Waals surface area contributed by atoms with Gasteiger partial charge >= 0.3 is 0 Å². The van der Waals surface area contributed by atoms with Gasteiger partial charge < -0.3 is 9.80 Å². The van der Waals surface area contributed by atoms with Crippen LogP contribution in [0.15, 0.2) is 0 Å². The Balaban J connectivity index is 1.47. The number of hydrogen-bond donors (Lipinski definition) is 0. The summed E-state index contributed by atoms with van der Waals surface area (Å²) in [6, 6.07) is 0. The quantitative estimate of drug-likeness (QED) is 0.777. The highest BCUT2D eigenvalue weighted by molar-refractivity contribution is 5.80. The summed E-state index contributed by atoms with van der Waals surface area (Å²) in [5, 5.41) is 4.40. The normalized spacial score (nSPS) is 23.9. The summed E-state index contributed by atoms with van der Waals surface area (Å²) in [6.07, 6.45) is 1.62. The van der Waals surface area contributed by atoms with Crippen LogP contribution in [0, 0.1) is 25.7 Å². The topological polar surface area (TPSA) is 61.7 Å². The SMILES string of the molecule is Cc1nn(C)c(C)c1CC(=O)N1CCN(CC(=O)N2CC(C)CC(C)C2)CC1. The zero-order valence-electron chi connectivity index (χ0n) is 18.1. The van der Waals surface area contributed by atoms with Crippen LogP contribution >= 0.6 is 0 Å². The summed E-state index contributed by atoms with van der Waals surface area (Å²) in [4.78, 5) is 31.6. The molecule has 2 fully saturated rings. The van der Waals surface area contributed by atoms with Crippen LogP contribution in [0.3, 0.4) is 0 Å². The zero-order valence-corrected chi connectivity index (χ0v) is 18.1. The molecule has 2 saturated heterocycles. The molecule has 2 unspecified atom stereocenters. The minimum Gasteiger partial charge on any atom is -0.341 e. The second-order valence-corrected chi connectivity index (χ2v) is 8.85. The molecule has 7 heteroatoms. The summed E-state index contributed by atoms with van der Waals surface area (Å²) >= 11 is 0. The van der Waals surface area contributed by atoms with Crippen molar-refractivity contribution in [3.8, 4) is 0 Å². The van der Waals surface area contributed by atoms with E-state index in [9.17, 15) is 9.59 Å². The maximum Gasteiger partial charge on any atom is 0.236 e. The molecule has 1 aromatic heterocycles. The fraction of sp³-hybridized carbons (Fsp3) is 0.762. The van der Waals surface area contributed by atoms with E-state index in [2.05, 4.69) is 23.8 Å². The van der Waals surface area contributed by atoms with E-state index in [0.717, 1.165) is 43.1 Å². The van der Waals surface area contributed by atoms with Crippen LogP contribution < -0.4 is 0 Å². The third-order valence-corrected chi connectivity index (χ3v) is 6.29. The van der Waals surface area contributed by atoms with Crippen LogP contribution in [-0.4, -0.2) is 82.1 Å². The first-order valence-electron chi connectivity index (χ1n) is 10.5. The highest BCUT2D eigenvalue weighted by Gasteiger charge is 2.28. The van der Waals surface area contributed by atoms with Crippen LogP contribution in [0.2, 0.25) is 0 Å². The molecule has 0 N–H and O–H groups in total. The smallest absolute Gasteiger partial charge is 0.236 e. The number of aromatic nitrogens is 2. The molecule has 2 amide bonds. The van der Waals surface area contributed by atoms with Gasteiger partial charge in [-0.3, -0.25) is 19.2 Å². The van der Waals surface area contributed by atoms with Crippen LogP contribution in [0.25, 0.3) is 0 Å². The second-order valence-electron chi connectivity index (χ2n) is 8.85. The van der Waals surface area contributed by atoms with Gasteiger partial charge in [-0.2, -0.15) is 5.10 Å². The van der Waals surface area contributed by atoms with Crippen LogP contribution in [0.4, 0.5) is 0 Å². The Hall–Kier alpha value is -1.89. The van der Waals surface area contributed by atoms with Gasteiger partial charge in [-0.15, -0.1) is 0 Å².